The maximum Gasteiger partial charge on any atom is 0.169 e. The van der Waals surface area contributed by atoms with Crippen LogP contribution in [0.5, 0.6) is 0 Å². The predicted octanol–water partition coefficient (Wildman–Crippen LogP) is 1.50. The zero-order valence-electron chi connectivity index (χ0n) is 8.12. The van der Waals surface area contributed by atoms with Crippen LogP contribution in [-0.4, -0.2) is 32.0 Å². The second-order valence-electron chi connectivity index (χ2n) is 2.59. The molecule has 1 aromatic heterocycles. The van der Waals surface area contributed by atoms with Gasteiger partial charge in [-0.15, -0.1) is 11.3 Å². The summed E-state index contributed by atoms with van der Waals surface area (Å²) in [4.78, 5) is 4.11. The van der Waals surface area contributed by atoms with E-state index in [-0.39, 0.29) is 6.29 Å². The normalized spacial score (nSPS) is 11.1. The lowest BCUT2D eigenvalue weighted by Crippen LogP contribution is -2.29. The molecule has 0 atom stereocenters. The van der Waals surface area contributed by atoms with Gasteiger partial charge in [0.2, 0.25) is 0 Å². The van der Waals surface area contributed by atoms with E-state index >= 15 is 0 Å². The molecule has 0 aliphatic carbocycles. The van der Waals surface area contributed by atoms with Crippen LogP contribution in [0.4, 0.5) is 0 Å². The Morgan fingerprint density at radius 1 is 1.57 bits per heavy atom. The van der Waals surface area contributed by atoms with Crippen LogP contribution in [0.2, 0.25) is 4.34 Å². The Labute approximate surface area is 92.2 Å². The highest BCUT2D eigenvalue weighted by molar-refractivity contribution is 7.15. The number of rotatable bonds is 6. The van der Waals surface area contributed by atoms with Gasteiger partial charge >= 0.3 is 0 Å². The van der Waals surface area contributed by atoms with Crippen molar-refractivity contribution in [3.8, 4) is 0 Å². The van der Waals surface area contributed by atoms with Crippen molar-refractivity contribution in [2.75, 3.05) is 20.8 Å². The Hall–Kier alpha value is -0.200. The fourth-order valence-corrected chi connectivity index (χ4v) is 1.86. The minimum absolute atomic E-state index is 0.217. The molecule has 0 saturated heterocycles. The molecule has 0 aliphatic heterocycles. The summed E-state index contributed by atoms with van der Waals surface area (Å²) in [5.41, 5.74) is 0. The predicted molar refractivity (Wildman–Crippen MR) is 56.6 cm³/mol. The smallest absolute Gasteiger partial charge is 0.169 e. The highest BCUT2D eigenvalue weighted by Crippen LogP contribution is 2.17. The summed E-state index contributed by atoms with van der Waals surface area (Å²) < 4.78 is 10.7. The summed E-state index contributed by atoms with van der Waals surface area (Å²) >= 11 is 7.20. The summed E-state index contributed by atoms with van der Waals surface area (Å²) in [7, 11) is 3.21. The molecular formula is C8H13ClN2O2S. The first kappa shape index (κ1) is 11.9. The topological polar surface area (TPSA) is 43.4 Å². The third-order valence-corrected chi connectivity index (χ3v) is 2.75. The maximum atomic E-state index is 5.74. The van der Waals surface area contributed by atoms with Crippen LogP contribution in [0.25, 0.3) is 0 Å². The Bertz CT molecular complexity index is 266. The molecule has 4 nitrogen and oxygen atoms in total. The largest absolute Gasteiger partial charge is 0.355 e. The molecule has 1 aromatic rings. The SMILES string of the molecule is COC(CNCc1ncc(Cl)s1)OC. The summed E-state index contributed by atoms with van der Waals surface area (Å²) in [6, 6.07) is 0. The minimum atomic E-state index is -0.217. The van der Waals surface area contributed by atoms with Crippen LogP contribution in [-0.2, 0) is 16.0 Å². The van der Waals surface area contributed by atoms with E-state index in [1.807, 2.05) is 0 Å². The number of aromatic nitrogens is 1. The van der Waals surface area contributed by atoms with Gasteiger partial charge < -0.3 is 14.8 Å². The molecule has 1 rings (SSSR count). The standard InChI is InChI=1S/C8H13ClN2O2S/c1-12-8(13-2)5-10-4-7-11-3-6(9)14-7/h3,8,10H,4-5H2,1-2H3. The van der Waals surface area contributed by atoms with Gasteiger partial charge in [0.15, 0.2) is 6.29 Å². The number of methoxy groups -OCH3 is 2. The monoisotopic (exact) mass is 236 g/mol. The van der Waals surface area contributed by atoms with Crippen molar-refractivity contribution in [3.05, 3.63) is 15.5 Å². The van der Waals surface area contributed by atoms with E-state index in [4.69, 9.17) is 21.1 Å². The summed E-state index contributed by atoms with van der Waals surface area (Å²) in [6.45, 7) is 1.31. The number of hydrogen-bond acceptors (Lipinski definition) is 5. The molecule has 0 radical (unpaired) electrons. The van der Waals surface area contributed by atoms with Gasteiger partial charge in [-0.2, -0.15) is 0 Å². The molecule has 14 heavy (non-hydrogen) atoms. The molecule has 80 valence electrons. The fraction of sp³-hybridized carbons (Fsp3) is 0.625. The Kier molecular flexibility index (Phi) is 5.36. The molecule has 0 fully saturated rings. The average molecular weight is 237 g/mol. The molecule has 0 saturated carbocycles. The summed E-state index contributed by atoms with van der Waals surface area (Å²) in [6.07, 6.45) is 1.43. The van der Waals surface area contributed by atoms with Gasteiger partial charge in [-0.25, -0.2) is 4.98 Å². The van der Waals surface area contributed by atoms with E-state index in [9.17, 15) is 0 Å². The summed E-state index contributed by atoms with van der Waals surface area (Å²) in [5, 5.41) is 4.12. The van der Waals surface area contributed by atoms with E-state index in [0.717, 1.165) is 5.01 Å². The van der Waals surface area contributed by atoms with Crippen molar-refractivity contribution in [2.45, 2.75) is 12.8 Å². The van der Waals surface area contributed by atoms with Crippen LogP contribution < -0.4 is 5.32 Å². The van der Waals surface area contributed by atoms with Crippen molar-refractivity contribution in [3.63, 3.8) is 0 Å². The Morgan fingerprint density at radius 2 is 2.29 bits per heavy atom. The summed E-state index contributed by atoms with van der Waals surface area (Å²) in [5.74, 6) is 0. The molecule has 0 aliphatic rings. The van der Waals surface area contributed by atoms with Gasteiger partial charge in [0.1, 0.15) is 9.34 Å². The second kappa shape index (κ2) is 6.31. The number of thiazole rings is 1. The Morgan fingerprint density at radius 3 is 2.79 bits per heavy atom. The van der Waals surface area contributed by atoms with E-state index < -0.39 is 0 Å². The highest BCUT2D eigenvalue weighted by Gasteiger charge is 2.04. The molecule has 0 bridgehead atoms. The Balaban J connectivity index is 2.21. The maximum absolute atomic E-state index is 5.74. The number of ether oxygens (including phenoxy) is 2. The first-order valence-corrected chi connectivity index (χ1v) is 5.32. The molecule has 6 heteroatoms. The van der Waals surface area contributed by atoms with Gasteiger partial charge in [0.05, 0.1) is 6.20 Å². The van der Waals surface area contributed by atoms with Crippen LogP contribution in [0, 0.1) is 0 Å². The third-order valence-electron chi connectivity index (χ3n) is 1.64. The van der Waals surface area contributed by atoms with E-state index in [1.54, 1.807) is 20.4 Å². The molecule has 0 amide bonds. The molecule has 1 N–H and O–H groups in total. The van der Waals surface area contributed by atoms with Crippen LogP contribution in [0.1, 0.15) is 5.01 Å². The number of nitrogens with zero attached hydrogens (tertiary/aromatic N) is 1. The quantitative estimate of drug-likeness (QED) is 0.761. The zero-order chi connectivity index (χ0) is 10.4. The first-order chi connectivity index (χ1) is 6.76. The number of hydrogen-bond donors (Lipinski definition) is 1. The number of halogens is 1. The van der Waals surface area contributed by atoms with E-state index in [2.05, 4.69) is 10.3 Å². The van der Waals surface area contributed by atoms with E-state index in [1.165, 1.54) is 11.3 Å². The minimum Gasteiger partial charge on any atom is -0.355 e. The number of nitrogens with one attached hydrogen (secondary N) is 1. The average Bonchev–Trinajstić information content (AvgIpc) is 2.59. The lowest BCUT2D eigenvalue weighted by atomic mass is 10.5. The van der Waals surface area contributed by atoms with Gasteiger partial charge in [0, 0.05) is 27.3 Å². The van der Waals surface area contributed by atoms with Gasteiger partial charge in [-0.3, -0.25) is 0 Å². The first-order valence-electron chi connectivity index (χ1n) is 4.12. The van der Waals surface area contributed by atoms with Crippen LogP contribution in [0.3, 0.4) is 0 Å². The molecule has 0 aromatic carbocycles. The van der Waals surface area contributed by atoms with Crippen LogP contribution >= 0.6 is 22.9 Å². The van der Waals surface area contributed by atoms with Crippen molar-refractivity contribution < 1.29 is 9.47 Å². The van der Waals surface area contributed by atoms with Crippen molar-refractivity contribution >= 4 is 22.9 Å². The molecule has 1 heterocycles. The highest BCUT2D eigenvalue weighted by atomic mass is 35.5. The molecular weight excluding hydrogens is 224 g/mol. The third kappa shape index (κ3) is 3.89. The van der Waals surface area contributed by atoms with Crippen molar-refractivity contribution in [1.82, 2.24) is 10.3 Å². The van der Waals surface area contributed by atoms with Gasteiger partial charge in [-0.05, 0) is 0 Å². The molecule has 0 spiro atoms. The second-order valence-corrected chi connectivity index (χ2v) is 4.34. The van der Waals surface area contributed by atoms with Gasteiger partial charge in [-0.1, -0.05) is 11.6 Å². The van der Waals surface area contributed by atoms with E-state index in [0.29, 0.717) is 17.4 Å². The van der Waals surface area contributed by atoms with Crippen LogP contribution in [0.15, 0.2) is 6.20 Å². The molecule has 0 unspecified atom stereocenters. The lowest BCUT2D eigenvalue weighted by Gasteiger charge is -2.13. The zero-order valence-corrected chi connectivity index (χ0v) is 9.69. The lowest BCUT2D eigenvalue weighted by molar-refractivity contribution is -0.0989. The van der Waals surface area contributed by atoms with Crippen molar-refractivity contribution in [2.24, 2.45) is 0 Å². The fourth-order valence-electron chi connectivity index (χ4n) is 0.930. The van der Waals surface area contributed by atoms with Gasteiger partial charge in [0.25, 0.3) is 0 Å². The van der Waals surface area contributed by atoms with Crippen molar-refractivity contribution in [1.29, 1.82) is 0 Å².